The lowest BCUT2D eigenvalue weighted by atomic mass is 9.98. The monoisotopic (exact) mass is 914 g/mol. The van der Waals surface area contributed by atoms with Crippen molar-refractivity contribution in [2.45, 2.75) is 35.5 Å². The number of aliphatic hydroxyl groups is 1. The number of nitrogen functional groups attached to an aromatic ring is 1. The number of para-hydroxylation sites is 1. The maximum Gasteiger partial charge on any atom is 0.404 e. The molecule has 1 atom stereocenters. The minimum absolute atomic E-state index is 0.0880. The van der Waals surface area contributed by atoms with Crippen LogP contribution >= 0.6 is 11.3 Å². The molecule has 0 aliphatic heterocycles. The van der Waals surface area contributed by atoms with Gasteiger partial charge in [0.05, 0.1) is 67.0 Å². The summed E-state index contributed by atoms with van der Waals surface area (Å²) in [6.45, 7) is -1.33. The van der Waals surface area contributed by atoms with E-state index in [4.69, 9.17) is 19.9 Å². The Morgan fingerprint density at radius 3 is 1.92 bits per heavy atom. The number of anilines is 1. The molecule has 0 bridgehead atoms. The van der Waals surface area contributed by atoms with Crippen LogP contribution in [0.1, 0.15) is 16.7 Å². The normalized spacial score (nSPS) is 12.3. The largest absolute Gasteiger partial charge is 0.497 e. The topological polar surface area (TPSA) is 251 Å². The molecule has 0 spiro atoms. The lowest BCUT2D eigenvalue weighted by Crippen LogP contribution is -2.42. The number of carboxylic acid groups (broad SMARTS) is 1. The molecule has 21 heteroatoms. The lowest BCUT2D eigenvalue weighted by Gasteiger charge is -2.26. The van der Waals surface area contributed by atoms with Crippen LogP contribution in [-0.2, 0) is 39.5 Å². The molecule has 63 heavy (non-hydrogen) atoms. The molecule has 2 heterocycles. The van der Waals surface area contributed by atoms with E-state index in [0.717, 1.165) is 15.9 Å². The van der Waals surface area contributed by atoms with Crippen molar-refractivity contribution in [2.75, 3.05) is 39.4 Å². The molecule has 328 valence electrons. The number of hydrogen-bond donors (Lipinski definition) is 4. The standard InChI is InChI=1S/C42H42N8O10S3/c1-58-30-13-7-26(8-14-30)21-49(22-27-9-15-31(59-2)16-10-27)63(56,57)39-36(62(54,55)25-29(24-51)44-42(52)53)20-19-33(34-5-4-6-35-38(34)45-41(43)61-35)37(39)40-46-48-50(47-40)23-28-11-17-32(60-3)18-12-28/h4-20,29,44,51H,21-25H2,1-3H3,(H2,43,45)(H,52,53). The van der Waals surface area contributed by atoms with Crippen LogP contribution in [0.3, 0.4) is 0 Å². The van der Waals surface area contributed by atoms with Crippen LogP contribution in [0.2, 0.25) is 0 Å². The number of methoxy groups -OCH3 is 3. The average molecular weight is 915 g/mol. The fraction of sp³-hybridized carbons (Fsp3) is 0.214. The molecule has 0 saturated heterocycles. The fourth-order valence-electron chi connectivity index (χ4n) is 6.89. The Bertz CT molecular complexity index is 2910. The van der Waals surface area contributed by atoms with Gasteiger partial charge in [-0.1, -0.05) is 65.9 Å². The van der Waals surface area contributed by atoms with Crippen LogP contribution in [0.5, 0.6) is 17.2 Å². The Morgan fingerprint density at radius 1 is 0.810 bits per heavy atom. The number of nitrogens with two attached hydrogens (primary N) is 1. The highest BCUT2D eigenvalue weighted by Crippen LogP contribution is 2.44. The molecular weight excluding hydrogens is 873 g/mol. The van der Waals surface area contributed by atoms with E-state index < -0.39 is 54.1 Å². The van der Waals surface area contributed by atoms with Gasteiger partial charge in [0.15, 0.2) is 15.0 Å². The van der Waals surface area contributed by atoms with Crippen LogP contribution in [0.4, 0.5) is 9.93 Å². The first-order valence-electron chi connectivity index (χ1n) is 19.1. The van der Waals surface area contributed by atoms with Crippen molar-refractivity contribution in [3.05, 3.63) is 120 Å². The number of nitrogens with zero attached hydrogens (tertiary/aromatic N) is 6. The van der Waals surface area contributed by atoms with E-state index in [1.807, 2.05) is 5.32 Å². The Morgan fingerprint density at radius 2 is 1.38 bits per heavy atom. The van der Waals surface area contributed by atoms with Gasteiger partial charge >= 0.3 is 6.09 Å². The van der Waals surface area contributed by atoms with Gasteiger partial charge in [0.25, 0.3) is 0 Å². The van der Waals surface area contributed by atoms with Crippen molar-refractivity contribution in [3.8, 4) is 39.8 Å². The van der Waals surface area contributed by atoms with Crippen molar-refractivity contribution in [3.63, 3.8) is 0 Å². The number of sulfone groups is 1. The zero-order valence-electron chi connectivity index (χ0n) is 34.1. The molecule has 7 rings (SSSR count). The van der Waals surface area contributed by atoms with E-state index >= 15 is 8.42 Å². The van der Waals surface area contributed by atoms with E-state index in [-0.39, 0.29) is 41.7 Å². The Kier molecular flexibility index (Phi) is 13.2. The van der Waals surface area contributed by atoms with E-state index in [1.54, 1.807) is 98.1 Å². The van der Waals surface area contributed by atoms with Crippen LogP contribution in [0.15, 0.2) is 113 Å². The Labute approximate surface area is 366 Å². The maximum atomic E-state index is 15.9. The third kappa shape index (κ3) is 9.87. The number of aliphatic hydroxyl groups excluding tert-OH is 1. The summed E-state index contributed by atoms with van der Waals surface area (Å²) in [5.41, 5.74) is 8.75. The first-order valence-corrected chi connectivity index (χ1v) is 23.0. The SMILES string of the molecule is COc1ccc(CN(Cc2ccc(OC)cc2)S(=O)(=O)c2c(S(=O)(=O)CC(CO)NC(=O)O)ccc(-c3cccc4sc(N)nc34)c2-c2nnn(Cc3ccc(OC)cc3)n2)cc1. The number of amides is 1. The zero-order chi connectivity index (χ0) is 44.9. The zero-order valence-corrected chi connectivity index (χ0v) is 36.5. The number of nitrogens with one attached hydrogen (secondary N) is 1. The number of hydrogen-bond acceptors (Lipinski definition) is 15. The third-order valence-corrected chi connectivity index (χ3v) is 14.7. The summed E-state index contributed by atoms with van der Waals surface area (Å²) in [7, 11) is -5.26. The molecular formula is C42H42N8O10S3. The molecule has 5 N–H and O–H groups in total. The molecule has 1 amide bonds. The number of ether oxygens (including phenoxy) is 3. The van der Waals surface area contributed by atoms with Gasteiger partial charge in [-0.3, -0.25) is 0 Å². The maximum absolute atomic E-state index is 15.9. The number of fused-ring (bicyclic) bond motifs is 1. The molecule has 0 fully saturated rings. The second kappa shape index (κ2) is 18.8. The highest BCUT2D eigenvalue weighted by molar-refractivity contribution is 7.93. The summed E-state index contributed by atoms with van der Waals surface area (Å²) < 4.78 is 79.0. The van der Waals surface area contributed by atoms with Crippen molar-refractivity contribution < 1.29 is 46.1 Å². The molecule has 0 saturated carbocycles. The summed E-state index contributed by atoms with van der Waals surface area (Å²) in [5.74, 6) is 0.423. The van der Waals surface area contributed by atoms with Gasteiger partial charge in [-0.15, -0.1) is 10.2 Å². The van der Waals surface area contributed by atoms with Crippen LogP contribution < -0.4 is 25.3 Å². The molecule has 1 unspecified atom stereocenters. The van der Waals surface area contributed by atoms with Crippen LogP contribution in [0, 0.1) is 0 Å². The summed E-state index contributed by atoms with van der Waals surface area (Å²) >= 11 is 1.21. The van der Waals surface area contributed by atoms with Gasteiger partial charge in [0.1, 0.15) is 22.1 Å². The van der Waals surface area contributed by atoms with Gasteiger partial charge in [-0.25, -0.2) is 26.6 Å². The first kappa shape index (κ1) is 44.4. The van der Waals surface area contributed by atoms with E-state index in [0.29, 0.717) is 44.2 Å². The number of rotatable bonds is 18. The number of aromatic nitrogens is 5. The fourth-order valence-corrected chi connectivity index (χ4v) is 11.6. The smallest absolute Gasteiger partial charge is 0.404 e. The molecule has 5 aromatic carbocycles. The first-order chi connectivity index (χ1) is 30.2. The van der Waals surface area contributed by atoms with Gasteiger partial charge in [0.2, 0.25) is 15.8 Å². The third-order valence-electron chi connectivity index (χ3n) is 9.94. The second-order valence-corrected chi connectivity index (χ2v) is 19.0. The van der Waals surface area contributed by atoms with Crippen LogP contribution in [-0.4, -0.2) is 102 Å². The molecule has 0 aliphatic carbocycles. The quantitative estimate of drug-likeness (QED) is 0.0878. The predicted molar refractivity (Wildman–Crippen MR) is 235 cm³/mol. The molecule has 18 nitrogen and oxygen atoms in total. The average Bonchev–Trinajstić information content (AvgIpc) is 3.91. The number of tetrazole rings is 1. The number of thiazole rings is 1. The molecule has 0 aliphatic rings. The van der Waals surface area contributed by atoms with E-state index in [2.05, 4.69) is 20.4 Å². The number of sulfonamides is 1. The summed E-state index contributed by atoms with van der Waals surface area (Å²) in [6, 6.07) is 26.8. The minimum atomic E-state index is -5.00. The minimum Gasteiger partial charge on any atom is -0.497 e. The number of carbonyl (C=O) groups is 1. The van der Waals surface area contributed by atoms with Gasteiger partial charge in [-0.05, 0) is 76.0 Å². The number of benzene rings is 5. The highest BCUT2D eigenvalue weighted by atomic mass is 32.2. The van der Waals surface area contributed by atoms with Crippen molar-refractivity contribution in [2.24, 2.45) is 0 Å². The lowest BCUT2D eigenvalue weighted by molar-refractivity contribution is 0.180. The van der Waals surface area contributed by atoms with Gasteiger partial charge in [0, 0.05) is 18.7 Å². The molecule has 0 radical (unpaired) electrons. The van der Waals surface area contributed by atoms with Crippen LogP contribution in [0.25, 0.3) is 32.7 Å². The Hall–Kier alpha value is -6.65. The van der Waals surface area contributed by atoms with E-state index in [9.17, 15) is 23.4 Å². The van der Waals surface area contributed by atoms with E-state index in [1.165, 1.54) is 36.4 Å². The van der Waals surface area contributed by atoms with Crippen molar-refractivity contribution in [1.82, 2.24) is 34.8 Å². The second-order valence-electron chi connectivity index (χ2n) is 14.1. The Balaban J connectivity index is 1.52. The molecule has 2 aromatic heterocycles. The highest BCUT2D eigenvalue weighted by Gasteiger charge is 2.39. The van der Waals surface area contributed by atoms with Crippen molar-refractivity contribution >= 4 is 52.6 Å². The van der Waals surface area contributed by atoms with Gasteiger partial charge in [-0.2, -0.15) is 9.10 Å². The van der Waals surface area contributed by atoms with Crippen molar-refractivity contribution in [1.29, 1.82) is 0 Å². The predicted octanol–water partition coefficient (Wildman–Crippen LogP) is 5.07. The summed E-state index contributed by atoms with van der Waals surface area (Å²) in [5, 5.41) is 35.1. The van der Waals surface area contributed by atoms with Gasteiger partial charge < -0.3 is 35.5 Å². The summed E-state index contributed by atoms with van der Waals surface area (Å²) in [4.78, 5) is 16.1. The summed E-state index contributed by atoms with van der Waals surface area (Å²) in [6.07, 6.45) is -1.59. The molecule has 7 aromatic rings.